The van der Waals surface area contributed by atoms with Gasteiger partial charge in [-0.2, -0.15) is 26.3 Å². The highest BCUT2D eigenvalue weighted by Crippen LogP contribution is 2.34. The van der Waals surface area contributed by atoms with Crippen LogP contribution in [0.15, 0.2) is 88.0 Å². The van der Waals surface area contributed by atoms with E-state index in [1.165, 1.54) is 41.0 Å². The molecular formula is C34H27BrF10N6S2. The molecule has 0 atom stereocenters. The zero-order chi connectivity index (χ0) is 38.4. The van der Waals surface area contributed by atoms with Crippen LogP contribution in [0, 0.1) is 30.2 Å². The van der Waals surface area contributed by atoms with Gasteiger partial charge in [0.15, 0.2) is 10.3 Å². The van der Waals surface area contributed by atoms with Crippen molar-refractivity contribution in [3.8, 4) is 11.3 Å². The molecule has 2 heterocycles. The number of nitrogen functional groups attached to an aromatic ring is 2. The molecule has 0 saturated carbocycles. The van der Waals surface area contributed by atoms with E-state index >= 15 is 0 Å². The van der Waals surface area contributed by atoms with Crippen molar-refractivity contribution < 1.29 is 43.9 Å². The first-order valence-electron chi connectivity index (χ1n) is 14.2. The Bertz CT molecular complexity index is 2100. The number of nitrogens with two attached hydrogens (primary N) is 2. The van der Waals surface area contributed by atoms with Crippen molar-refractivity contribution in [3.63, 3.8) is 0 Å². The molecule has 0 aliphatic carbocycles. The van der Waals surface area contributed by atoms with Crippen molar-refractivity contribution in [2.45, 2.75) is 26.7 Å². The monoisotopic (exact) mass is 852 g/mol. The minimum absolute atomic E-state index is 0. The Morgan fingerprint density at radius 3 is 1.57 bits per heavy atom. The van der Waals surface area contributed by atoms with Gasteiger partial charge in [0.05, 0.1) is 38.4 Å². The number of nitrogens with one attached hydrogen (secondary N) is 2. The van der Waals surface area contributed by atoms with E-state index in [2.05, 4.69) is 36.5 Å². The molecule has 6 nitrogen and oxygen atoms in total. The van der Waals surface area contributed by atoms with Crippen molar-refractivity contribution >= 4 is 71.6 Å². The molecule has 0 spiro atoms. The van der Waals surface area contributed by atoms with Crippen LogP contribution in [0.2, 0.25) is 0 Å². The standard InChI is InChI=1S/C16H10F5N3S.C11H9F3N2S.C6H4BrF2N.CH4/c17-11-6-12(18)13(22)5-10(11)14-7-25-15(24-14)23-9-3-1-2-8(4-9)16(19,20)21;1-7-6-17-10(15-7)16-9-4-2-3-8(5-9)11(12,13)14;7-3-1-6(10)5(9)2-4(3)8;/h1-7H,22H2,(H,23,24);2-6H,1H3,(H,15,16);1-2H,10H2;1H4. The third-order valence-electron chi connectivity index (χ3n) is 6.41. The van der Waals surface area contributed by atoms with Gasteiger partial charge < -0.3 is 22.1 Å². The number of alkyl halides is 6. The number of anilines is 6. The van der Waals surface area contributed by atoms with E-state index in [1.807, 2.05) is 12.3 Å². The van der Waals surface area contributed by atoms with Crippen LogP contribution in [0.5, 0.6) is 0 Å². The van der Waals surface area contributed by atoms with Crippen molar-refractivity contribution in [3.05, 3.63) is 128 Å². The van der Waals surface area contributed by atoms with Gasteiger partial charge in [0, 0.05) is 39.8 Å². The lowest BCUT2D eigenvalue weighted by Crippen LogP contribution is -2.05. The number of rotatable bonds is 5. The molecule has 19 heteroatoms. The first-order chi connectivity index (χ1) is 24.3. The Morgan fingerprint density at radius 2 is 1.09 bits per heavy atom. The van der Waals surface area contributed by atoms with Gasteiger partial charge in [-0.25, -0.2) is 27.5 Å². The number of aromatic nitrogens is 2. The predicted octanol–water partition coefficient (Wildman–Crippen LogP) is 12.6. The molecule has 282 valence electrons. The first-order valence-corrected chi connectivity index (χ1v) is 16.8. The molecule has 6 rings (SSSR count). The first kappa shape index (κ1) is 42.5. The summed E-state index contributed by atoms with van der Waals surface area (Å²) in [5.41, 5.74) is 10.4. The minimum atomic E-state index is -4.46. The minimum Gasteiger partial charge on any atom is -0.396 e. The van der Waals surface area contributed by atoms with Gasteiger partial charge in [0.25, 0.3) is 0 Å². The Morgan fingerprint density at radius 1 is 0.623 bits per heavy atom. The molecule has 0 aliphatic heterocycles. The second kappa shape index (κ2) is 17.8. The lowest BCUT2D eigenvalue weighted by molar-refractivity contribution is -0.138. The van der Waals surface area contributed by atoms with Gasteiger partial charge in [-0.1, -0.05) is 19.6 Å². The average Bonchev–Trinajstić information content (AvgIpc) is 3.70. The molecule has 53 heavy (non-hydrogen) atoms. The normalized spacial score (nSPS) is 11.0. The predicted molar refractivity (Wildman–Crippen MR) is 193 cm³/mol. The number of nitrogens with zero attached hydrogens (tertiary/aromatic N) is 2. The summed E-state index contributed by atoms with van der Waals surface area (Å²) in [6, 6.07) is 13.4. The molecular weight excluding hydrogens is 826 g/mol. The van der Waals surface area contributed by atoms with Gasteiger partial charge in [-0.15, -0.1) is 22.7 Å². The van der Waals surface area contributed by atoms with Crippen LogP contribution in [0.3, 0.4) is 0 Å². The van der Waals surface area contributed by atoms with Crippen LogP contribution < -0.4 is 22.1 Å². The third-order valence-corrected chi connectivity index (χ3v) is 8.65. The highest BCUT2D eigenvalue weighted by Gasteiger charge is 2.31. The van der Waals surface area contributed by atoms with Gasteiger partial charge in [0.2, 0.25) is 0 Å². The summed E-state index contributed by atoms with van der Waals surface area (Å²) in [6.07, 6.45) is -8.78. The average molecular weight is 854 g/mol. The van der Waals surface area contributed by atoms with E-state index in [1.54, 1.807) is 6.07 Å². The van der Waals surface area contributed by atoms with Crippen molar-refractivity contribution in [1.82, 2.24) is 9.97 Å². The highest BCUT2D eigenvalue weighted by molar-refractivity contribution is 9.10. The maximum atomic E-state index is 13.9. The summed E-state index contributed by atoms with van der Waals surface area (Å²) in [7, 11) is 0. The SMILES string of the molecule is C.Cc1csc(Nc2cccc(C(F)(F)F)c2)n1.Nc1cc(-c2csc(Nc3cccc(C(F)(F)F)c3)n2)c(F)cc1F.Nc1cc(Br)c(F)cc1F. The van der Waals surface area contributed by atoms with E-state index in [-0.39, 0.29) is 45.4 Å². The molecule has 0 fully saturated rings. The largest absolute Gasteiger partial charge is 0.416 e. The van der Waals surface area contributed by atoms with Gasteiger partial charge >= 0.3 is 12.4 Å². The van der Waals surface area contributed by atoms with Gasteiger partial charge in [-0.05, 0) is 71.4 Å². The molecule has 6 aromatic rings. The number of thiazole rings is 2. The zero-order valence-electron chi connectivity index (χ0n) is 26.1. The van der Waals surface area contributed by atoms with E-state index in [9.17, 15) is 43.9 Å². The summed E-state index contributed by atoms with van der Waals surface area (Å²) in [5.74, 6) is -3.09. The highest BCUT2D eigenvalue weighted by atomic mass is 79.9. The number of hydrogen-bond acceptors (Lipinski definition) is 8. The van der Waals surface area contributed by atoms with Crippen molar-refractivity contribution in [1.29, 1.82) is 0 Å². The molecule has 0 unspecified atom stereocenters. The fourth-order valence-electron chi connectivity index (χ4n) is 3.96. The molecule has 0 amide bonds. The summed E-state index contributed by atoms with van der Waals surface area (Å²) >= 11 is 5.28. The van der Waals surface area contributed by atoms with Crippen LogP contribution in [0.25, 0.3) is 11.3 Å². The third kappa shape index (κ3) is 12.1. The Kier molecular flexibility index (Phi) is 14.3. The van der Waals surface area contributed by atoms with Gasteiger partial charge in [0.1, 0.15) is 23.3 Å². The van der Waals surface area contributed by atoms with Crippen molar-refractivity contribution in [2.24, 2.45) is 0 Å². The number of aryl methyl sites for hydroxylation is 1. The van der Waals surface area contributed by atoms with Crippen molar-refractivity contribution in [2.75, 3.05) is 22.1 Å². The maximum absolute atomic E-state index is 13.9. The van der Waals surface area contributed by atoms with Crippen LogP contribution in [-0.2, 0) is 12.4 Å². The fraction of sp³-hybridized carbons (Fsp3) is 0.118. The summed E-state index contributed by atoms with van der Waals surface area (Å²) in [5, 5.41) is 9.74. The topological polar surface area (TPSA) is 102 Å². The summed E-state index contributed by atoms with van der Waals surface area (Å²) < 4.78 is 128. The second-order valence-corrected chi connectivity index (χ2v) is 13.0. The summed E-state index contributed by atoms with van der Waals surface area (Å²) in [6.45, 7) is 1.83. The van der Waals surface area contributed by atoms with E-state index < -0.39 is 46.7 Å². The van der Waals surface area contributed by atoms with Gasteiger partial charge in [-0.3, -0.25) is 0 Å². The maximum Gasteiger partial charge on any atom is 0.416 e. The smallest absolute Gasteiger partial charge is 0.396 e. The quantitative estimate of drug-likeness (QED) is 0.0783. The van der Waals surface area contributed by atoms with Crippen LogP contribution in [0.1, 0.15) is 24.2 Å². The Labute approximate surface area is 312 Å². The Balaban J connectivity index is 0.000000233. The molecule has 4 aromatic carbocycles. The summed E-state index contributed by atoms with van der Waals surface area (Å²) in [4.78, 5) is 8.23. The molecule has 0 saturated heterocycles. The molecule has 0 radical (unpaired) electrons. The van der Waals surface area contributed by atoms with E-state index in [0.717, 1.165) is 53.4 Å². The van der Waals surface area contributed by atoms with Crippen LogP contribution >= 0.6 is 38.6 Å². The zero-order valence-corrected chi connectivity index (χ0v) is 29.3. The van der Waals surface area contributed by atoms with Crippen LogP contribution in [-0.4, -0.2) is 9.97 Å². The number of halogens is 11. The lowest BCUT2D eigenvalue weighted by Gasteiger charge is -2.09. The van der Waals surface area contributed by atoms with Crippen LogP contribution in [0.4, 0.5) is 76.9 Å². The Hall–Kier alpha value is -4.88. The number of benzene rings is 4. The molecule has 2 aromatic heterocycles. The molecule has 0 aliphatic rings. The lowest BCUT2D eigenvalue weighted by atomic mass is 10.1. The van der Waals surface area contributed by atoms with E-state index in [0.29, 0.717) is 16.9 Å². The fourth-order valence-corrected chi connectivity index (χ4v) is 5.76. The molecule has 0 bridgehead atoms. The second-order valence-electron chi connectivity index (χ2n) is 10.4. The number of hydrogen-bond donors (Lipinski definition) is 4. The molecule has 6 N–H and O–H groups in total. The van der Waals surface area contributed by atoms with E-state index in [4.69, 9.17) is 11.5 Å².